The van der Waals surface area contributed by atoms with Gasteiger partial charge in [0.15, 0.2) is 0 Å². The van der Waals surface area contributed by atoms with Gasteiger partial charge in [0.05, 0.1) is 0 Å². The molecule has 24 heavy (non-hydrogen) atoms. The first kappa shape index (κ1) is 35.1. The summed E-state index contributed by atoms with van der Waals surface area (Å²) < 4.78 is 0. The molecule has 0 aliphatic carbocycles. The van der Waals surface area contributed by atoms with Crippen LogP contribution in [0.2, 0.25) is 0 Å². The molecule has 0 aromatic heterocycles. The molecular formula is C10H12Cu4N2O8. The van der Waals surface area contributed by atoms with Gasteiger partial charge in [-0.15, -0.1) is 0 Å². The standard InChI is InChI=1S/C10H16N2O8.4Cu/c11-9(1-5(13)14,2-6(15)16)10(12,3-7(17)18)4-8(19)20;;;;/h1-4,11-12H2,(H,13,14)(H,15,16)(H,17,18)(H,19,20);;;;/q;4*+1/p-4. The summed E-state index contributed by atoms with van der Waals surface area (Å²) in [6, 6.07) is 0. The van der Waals surface area contributed by atoms with Crippen molar-refractivity contribution in [3.05, 3.63) is 0 Å². The molecule has 0 rings (SSSR count). The smallest absolute Gasteiger partial charge is 0.550 e. The Bertz CT molecular complexity index is 377. The first-order chi connectivity index (χ1) is 8.92. The van der Waals surface area contributed by atoms with Crippen LogP contribution in [0.15, 0.2) is 0 Å². The monoisotopic (exact) mass is 540 g/mol. The summed E-state index contributed by atoms with van der Waals surface area (Å²) in [7, 11) is 0. The molecule has 0 heterocycles. The van der Waals surface area contributed by atoms with Crippen LogP contribution in [-0.4, -0.2) is 35.0 Å². The van der Waals surface area contributed by atoms with Crippen molar-refractivity contribution >= 4 is 23.9 Å². The number of carboxylic acid groups (broad SMARTS) is 4. The van der Waals surface area contributed by atoms with E-state index in [-0.39, 0.29) is 68.3 Å². The summed E-state index contributed by atoms with van der Waals surface area (Å²) in [5, 5.41) is 42.5. The third kappa shape index (κ3) is 11.4. The van der Waals surface area contributed by atoms with Crippen LogP contribution < -0.4 is 31.9 Å². The summed E-state index contributed by atoms with van der Waals surface area (Å²) in [6.07, 6.45) is -4.73. The molecule has 0 aliphatic rings. The molecule has 14 heteroatoms. The van der Waals surface area contributed by atoms with Crippen LogP contribution in [0, 0.1) is 0 Å². The van der Waals surface area contributed by atoms with Crippen LogP contribution in [0.1, 0.15) is 25.7 Å². The minimum atomic E-state index is -2.43. The Balaban J connectivity index is -0.000000301. The fourth-order valence-electron chi connectivity index (χ4n) is 1.86. The van der Waals surface area contributed by atoms with Crippen molar-refractivity contribution in [2.45, 2.75) is 36.8 Å². The van der Waals surface area contributed by atoms with Crippen molar-refractivity contribution in [2.24, 2.45) is 11.5 Å². The van der Waals surface area contributed by atoms with E-state index in [0.29, 0.717) is 0 Å². The van der Waals surface area contributed by atoms with Gasteiger partial charge in [-0.1, -0.05) is 0 Å². The fraction of sp³-hybridized carbons (Fsp3) is 0.600. The third-order valence-electron chi connectivity index (χ3n) is 2.83. The molecule has 10 nitrogen and oxygen atoms in total. The first-order valence-corrected chi connectivity index (χ1v) is 5.29. The van der Waals surface area contributed by atoms with E-state index in [0.717, 1.165) is 0 Å². The minimum absolute atomic E-state index is 0. The summed E-state index contributed by atoms with van der Waals surface area (Å²) >= 11 is 0. The Kier molecular flexibility index (Phi) is 20.6. The number of hydrogen-bond acceptors (Lipinski definition) is 10. The van der Waals surface area contributed by atoms with Gasteiger partial charge in [-0.2, -0.15) is 0 Å². The average molecular weight is 542 g/mol. The van der Waals surface area contributed by atoms with E-state index in [9.17, 15) is 39.6 Å². The predicted molar refractivity (Wildman–Crippen MR) is 52.3 cm³/mol. The Morgan fingerprint density at radius 3 is 0.750 bits per heavy atom. The van der Waals surface area contributed by atoms with Crippen molar-refractivity contribution < 1.29 is 108 Å². The molecule has 0 aromatic rings. The maximum Gasteiger partial charge on any atom is 1.00 e. The van der Waals surface area contributed by atoms with E-state index in [1.54, 1.807) is 0 Å². The van der Waals surface area contributed by atoms with Gasteiger partial charge in [0.25, 0.3) is 0 Å². The average Bonchev–Trinajstić information content (AvgIpc) is 2.10. The maximum atomic E-state index is 10.6. The molecule has 0 radical (unpaired) electrons. The van der Waals surface area contributed by atoms with Crippen molar-refractivity contribution in [1.29, 1.82) is 0 Å². The van der Waals surface area contributed by atoms with Crippen LogP contribution in [0.3, 0.4) is 0 Å². The Morgan fingerprint density at radius 2 is 0.667 bits per heavy atom. The Morgan fingerprint density at radius 1 is 0.542 bits per heavy atom. The van der Waals surface area contributed by atoms with Gasteiger partial charge < -0.3 is 51.1 Å². The largest absolute Gasteiger partial charge is 1.00 e. The summed E-state index contributed by atoms with van der Waals surface area (Å²) in [6.45, 7) is 0. The molecule has 154 valence electrons. The van der Waals surface area contributed by atoms with Crippen LogP contribution >= 0.6 is 0 Å². The van der Waals surface area contributed by atoms with Crippen molar-refractivity contribution in [1.82, 2.24) is 0 Å². The van der Waals surface area contributed by atoms with E-state index in [1.807, 2.05) is 0 Å². The van der Waals surface area contributed by atoms with Crippen LogP contribution in [-0.2, 0) is 87.5 Å². The predicted octanol–water partition coefficient (Wildman–Crippen LogP) is -7.07. The molecule has 0 aromatic carbocycles. The molecule has 0 unspecified atom stereocenters. The molecular weight excluding hydrogens is 530 g/mol. The van der Waals surface area contributed by atoms with Crippen molar-refractivity contribution in [3.8, 4) is 0 Å². The van der Waals surface area contributed by atoms with Gasteiger partial charge in [0, 0.05) is 60.6 Å². The molecule has 0 saturated heterocycles. The molecule has 0 saturated carbocycles. The first-order valence-electron chi connectivity index (χ1n) is 5.29. The third-order valence-corrected chi connectivity index (χ3v) is 2.83. The van der Waals surface area contributed by atoms with Gasteiger partial charge >= 0.3 is 68.3 Å². The minimum Gasteiger partial charge on any atom is -0.550 e. The van der Waals surface area contributed by atoms with Crippen molar-refractivity contribution in [3.63, 3.8) is 0 Å². The van der Waals surface area contributed by atoms with Crippen LogP contribution in [0.5, 0.6) is 0 Å². The molecule has 0 atom stereocenters. The van der Waals surface area contributed by atoms with E-state index < -0.39 is 60.6 Å². The zero-order valence-electron chi connectivity index (χ0n) is 11.5. The number of carbonyl (C=O) groups is 4. The zero-order chi connectivity index (χ0) is 16.1. The second-order valence-electron chi connectivity index (χ2n) is 4.51. The Hall–Kier alpha value is -0.122. The topological polar surface area (TPSA) is 213 Å². The molecule has 0 bridgehead atoms. The van der Waals surface area contributed by atoms with Gasteiger partial charge in [0.2, 0.25) is 0 Å². The summed E-state index contributed by atoms with van der Waals surface area (Å²) in [5.74, 6) is -7.33. The van der Waals surface area contributed by atoms with Gasteiger partial charge in [-0.3, -0.25) is 0 Å². The van der Waals surface area contributed by atoms with E-state index in [1.165, 1.54) is 0 Å². The normalized spacial score (nSPS) is 9.92. The van der Waals surface area contributed by atoms with Crippen LogP contribution in [0.4, 0.5) is 0 Å². The quantitative estimate of drug-likeness (QED) is 0.263. The second-order valence-corrected chi connectivity index (χ2v) is 4.51. The fourth-order valence-corrected chi connectivity index (χ4v) is 1.86. The summed E-state index contributed by atoms with van der Waals surface area (Å²) in [5.41, 5.74) is 6.20. The second kappa shape index (κ2) is 14.1. The molecule has 0 amide bonds. The zero-order valence-corrected chi connectivity index (χ0v) is 15.2. The SMILES string of the molecule is NC(CC(=O)[O-])(CC(=O)[O-])C(N)(CC(=O)[O-])CC(=O)[O-].[Cu+].[Cu+].[Cu+].[Cu+]. The van der Waals surface area contributed by atoms with Gasteiger partial charge in [-0.25, -0.2) is 0 Å². The van der Waals surface area contributed by atoms with E-state index >= 15 is 0 Å². The molecule has 0 spiro atoms. The number of carbonyl (C=O) groups excluding carboxylic acids is 4. The number of nitrogens with two attached hydrogens (primary N) is 2. The molecule has 0 aliphatic heterocycles. The van der Waals surface area contributed by atoms with E-state index in [2.05, 4.69) is 0 Å². The number of aliphatic carboxylic acids is 4. The molecule has 4 N–H and O–H groups in total. The summed E-state index contributed by atoms with van der Waals surface area (Å²) in [4.78, 5) is 42.5. The number of carboxylic acids is 4. The Labute approximate surface area is 179 Å². The van der Waals surface area contributed by atoms with Crippen molar-refractivity contribution in [2.75, 3.05) is 0 Å². The molecule has 0 fully saturated rings. The van der Waals surface area contributed by atoms with Crippen LogP contribution in [0.25, 0.3) is 0 Å². The van der Waals surface area contributed by atoms with Gasteiger partial charge in [0.1, 0.15) is 0 Å². The number of rotatable bonds is 9. The van der Waals surface area contributed by atoms with Gasteiger partial charge in [-0.05, 0) is 0 Å². The number of hydrogen-bond donors (Lipinski definition) is 2. The maximum absolute atomic E-state index is 10.6. The van der Waals surface area contributed by atoms with E-state index in [4.69, 9.17) is 11.5 Å².